The Labute approximate surface area is 212 Å². The van der Waals surface area contributed by atoms with E-state index in [4.69, 9.17) is 4.74 Å². The smallest absolute Gasteiger partial charge is 0.329 e. The summed E-state index contributed by atoms with van der Waals surface area (Å²) in [5.41, 5.74) is 7.61. The summed E-state index contributed by atoms with van der Waals surface area (Å²) in [4.78, 5) is 25.4. The molecular weight excluding hydrogens is 450 g/mol. The quantitative estimate of drug-likeness (QED) is 0.327. The van der Waals surface area contributed by atoms with Gasteiger partial charge in [0.15, 0.2) is 6.17 Å². The maximum atomic E-state index is 13.6. The highest BCUT2D eigenvalue weighted by atomic mass is 16.6. The molecule has 3 aromatic rings. The summed E-state index contributed by atoms with van der Waals surface area (Å²) < 4.78 is 5.87. The SMILES string of the molecule is CC(C)(C)OC(=O)[C@@H]1C(=C(c2ccccc2)c2ccccc2)CCN1N[C@@H](Cc1ccccc1)N=O. The molecule has 1 N–H and O–H groups in total. The molecule has 1 heterocycles. The third kappa shape index (κ3) is 6.33. The van der Waals surface area contributed by atoms with Gasteiger partial charge in [-0.1, -0.05) is 91.0 Å². The van der Waals surface area contributed by atoms with Crippen molar-refractivity contribution in [2.45, 2.75) is 51.4 Å². The highest BCUT2D eigenvalue weighted by Gasteiger charge is 2.41. The zero-order valence-electron chi connectivity index (χ0n) is 21.1. The first-order valence-electron chi connectivity index (χ1n) is 12.3. The number of nitrogens with zero attached hydrogens (tertiary/aromatic N) is 2. The molecule has 0 radical (unpaired) electrons. The Morgan fingerprint density at radius 3 is 1.97 bits per heavy atom. The van der Waals surface area contributed by atoms with Crippen molar-refractivity contribution in [3.8, 4) is 0 Å². The molecule has 3 aromatic carbocycles. The van der Waals surface area contributed by atoms with E-state index in [0.29, 0.717) is 19.4 Å². The second-order valence-electron chi connectivity index (χ2n) is 9.95. The minimum absolute atomic E-state index is 0.351. The number of carbonyl (C=O) groups excluding carboxylic acids is 1. The molecule has 0 aromatic heterocycles. The van der Waals surface area contributed by atoms with E-state index in [0.717, 1.165) is 27.8 Å². The molecule has 1 aliphatic heterocycles. The fraction of sp³-hybridized carbons (Fsp3) is 0.300. The van der Waals surface area contributed by atoms with Gasteiger partial charge in [-0.05, 0) is 60.2 Å². The predicted molar refractivity (Wildman–Crippen MR) is 143 cm³/mol. The average Bonchev–Trinajstić information content (AvgIpc) is 3.28. The van der Waals surface area contributed by atoms with E-state index < -0.39 is 17.8 Å². The highest BCUT2D eigenvalue weighted by Crippen LogP contribution is 2.36. The van der Waals surface area contributed by atoms with Gasteiger partial charge in [-0.3, -0.25) is 0 Å². The second kappa shape index (κ2) is 11.4. The molecular formula is C30H33N3O3. The number of benzene rings is 3. The maximum Gasteiger partial charge on any atom is 0.329 e. The summed E-state index contributed by atoms with van der Waals surface area (Å²) >= 11 is 0. The summed E-state index contributed by atoms with van der Waals surface area (Å²) in [5, 5.41) is 5.15. The molecule has 36 heavy (non-hydrogen) atoms. The van der Waals surface area contributed by atoms with E-state index in [1.54, 1.807) is 0 Å². The van der Waals surface area contributed by atoms with Crippen LogP contribution in [-0.2, 0) is 16.0 Å². The van der Waals surface area contributed by atoms with Crippen LogP contribution in [0.3, 0.4) is 0 Å². The van der Waals surface area contributed by atoms with Crippen LogP contribution in [0.4, 0.5) is 0 Å². The Bertz CT molecular complexity index is 1150. The number of hydrogen-bond acceptors (Lipinski definition) is 6. The lowest BCUT2D eigenvalue weighted by molar-refractivity contribution is -0.160. The first kappa shape index (κ1) is 25.5. The topological polar surface area (TPSA) is 71.0 Å². The predicted octanol–water partition coefficient (Wildman–Crippen LogP) is 5.74. The van der Waals surface area contributed by atoms with Gasteiger partial charge in [-0.25, -0.2) is 15.2 Å². The van der Waals surface area contributed by atoms with Gasteiger partial charge in [-0.2, -0.15) is 0 Å². The summed E-state index contributed by atoms with van der Waals surface area (Å²) in [6.45, 7) is 6.13. The molecule has 6 heteroatoms. The van der Waals surface area contributed by atoms with Crippen molar-refractivity contribution in [1.29, 1.82) is 0 Å². The van der Waals surface area contributed by atoms with E-state index in [2.05, 4.69) is 34.9 Å². The molecule has 0 spiro atoms. The number of ether oxygens (including phenoxy) is 1. The number of carbonyl (C=O) groups is 1. The molecule has 4 rings (SSSR count). The van der Waals surface area contributed by atoms with Gasteiger partial charge >= 0.3 is 5.97 Å². The van der Waals surface area contributed by atoms with Crippen molar-refractivity contribution in [1.82, 2.24) is 10.4 Å². The molecule has 2 atom stereocenters. The lowest BCUT2D eigenvalue weighted by atomic mass is 9.89. The van der Waals surface area contributed by atoms with E-state index in [1.807, 2.05) is 92.5 Å². The Morgan fingerprint density at radius 2 is 1.47 bits per heavy atom. The maximum absolute atomic E-state index is 13.6. The summed E-state index contributed by atoms with van der Waals surface area (Å²) in [6, 6.07) is 29.2. The molecule has 0 bridgehead atoms. The summed E-state index contributed by atoms with van der Waals surface area (Å²) in [5.74, 6) is -0.351. The van der Waals surface area contributed by atoms with Gasteiger partial charge in [0, 0.05) is 13.0 Å². The Balaban J connectivity index is 1.75. The molecule has 1 aliphatic rings. The van der Waals surface area contributed by atoms with Crippen LogP contribution in [-0.4, -0.2) is 35.3 Å². The Hall–Kier alpha value is -3.61. The molecule has 1 fully saturated rings. The Morgan fingerprint density at radius 1 is 0.944 bits per heavy atom. The number of hydrogen-bond donors (Lipinski definition) is 1. The van der Waals surface area contributed by atoms with Crippen molar-refractivity contribution in [2.75, 3.05) is 6.54 Å². The first-order valence-corrected chi connectivity index (χ1v) is 12.3. The molecule has 6 nitrogen and oxygen atoms in total. The van der Waals surface area contributed by atoms with Gasteiger partial charge in [-0.15, -0.1) is 4.91 Å². The highest BCUT2D eigenvalue weighted by molar-refractivity contribution is 5.90. The van der Waals surface area contributed by atoms with Crippen molar-refractivity contribution < 1.29 is 9.53 Å². The lowest BCUT2D eigenvalue weighted by Gasteiger charge is -2.30. The van der Waals surface area contributed by atoms with E-state index >= 15 is 0 Å². The van der Waals surface area contributed by atoms with Gasteiger partial charge < -0.3 is 4.74 Å². The standard InChI is InChI=1S/C30H33N3O3/c1-30(2,3)36-29(34)28-25(27(23-15-9-5-10-16-23)24-17-11-6-12-18-24)19-20-33(28)31-26(32-35)21-22-13-7-4-8-14-22/h4-18,26,28,31H,19-21H2,1-3H3/t26-,28+/m1/s1. The monoisotopic (exact) mass is 483 g/mol. The normalized spacial score (nSPS) is 17.0. The zero-order chi connectivity index (χ0) is 25.5. The summed E-state index contributed by atoms with van der Waals surface area (Å²) in [6.07, 6.45) is 0.353. The van der Waals surface area contributed by atoms with Gasteiger partial charge in [0.25, 0.3) is 0 Å². The van der Waals surface area contributed by atoms with Crippen LogP contribution in [0.1, 0.15) is 43.9 Å². The van der Waals surface area contributed by atoms with Crippen LogP contribution in [0.5, 0.6) is 0 Å². The molecule has 0 saturated carbocycles. The van der Waals surface area contributed by atoms with Crippen LogP contribution in [0, 0.1) is 4.91 Å². The molecule has 186 valence electrons. The van der Waals surface area contributed by atoms with Gasteiger partial charge in [0.2, 0.25) is 0 Å². The van der Waals surface area contributed by atoms with Crippen LogP contribution in [0.25, 0.3) is 5.57 Å². The minimum Gasteiger partial charge on any atom is -0.459 e. The average molecular weight is 484 g/mol. The molecule has 1 saturated heterocycles. The fourth-order valence-corrected chi connectivity index (χ4v) is 4.61. The number of nitrogens with one attached hydrogen (secondary N) is 1. The molecule has 0 aliphatic carbocycles. The van der Waals surface area contributed by atoms with E-state index in [9.17, 15) is 9.70 Å². The second-order valence-corrected chi connectivity index (χ2v) is 9.95. The van der Waals surface area contributed by atoms with Crippen LogP contribution in [0.2, 0.25) is 0 Å². The molecule has 0 amide bonds. The van der Waals surface area contributed by atoms with Crippen LogP contribution in [0.15, 0.2) is 102 Å². The first-order chi connectivity index (χ1) is 17.4. The van der Waals surface area contributed by atoms with Gasteiger partial charge in [0.1, 0.15) is 11.6 Å². The lowest BCUT2D eigenvalue weighted by Crippen LogP contribution is -2.51. The number of hydrazine groups is 1. The largest absolute Gasteiger partial charge is 0.459 e. The van der Waals surface area contributed by atoms with Gasteiger partial charge in [0.05, 0.1) is 0 Å². The summed E-state index contributed by atoms with van der Waals surface area (Å²) in [7, 11) is 0. The van der Waals surface area contributed by atoms with Crippen molar-refractivity contribution >= 4 is 11.5 Å². The van der Waals surface area contributed by atoms with E-state index in [1.165, 1.54) is 0 Å². The third-order valence-electron chi connectivity index (χ3n) is 6.05. The molecule has 0 unspecified atom stereocenters. The van der Waals surface area contributed by atoms with Crippen LogP contribution >= 0.6 is 0 Å². The minimum atomic E-state index is -0.714. The third-order valence-corrected chi connectivity index (χ3v) is 6.05. The van der Waals surface area contributed by atoms with Crippen molar-refractivity contribution in [3.63, 3.8) is 0 Å². The van der Waals surface area contributed by atoms with Crippen LogP contribution < -0.4 is 5.43 Å². The van der Waals surface area contributed by atoms with Crippen molar-refractivity contribution in [3.05, 3.63) is 118 Å². The number of esters is 1. The van der Waals surface area contributed by atoms with E-state index in [-0.39, 0.29) is 5.97 Å². The Kier molecular flexibility index (Phi) is 8.08. The number of rotatable bonds is 8. The van der Waals surface area contributed by atoms with Crippen molar-refractivity contribution in [2.24, 2.45) is 5.18 Å². The number of nitroso groups, excluding NO2 is 1. The zero-order valence-corrected chi connectivity index (χ0v) is 21.1. The fourth-order valence-electron chi connectivity index (χ4n) is 4.61.